The first-order valence-corrected chi connectivity index (χ1v) is 6.90. The van der Waals surface area contributed by atoms with Gasteiger partial charge in [0.05, 0.1) is 32.2 Å². The van der Waals surface area contributed by atoms with Crippen molar-refractivity contribution in [1.82, 2.24) is 15.3 Å². The zero-order valence-corrected chi connectivity index (χ0v) is 11.3. The van der Waals surface area contributed by atoms with Gasteiger partial charge in [-0.1, -0.05) is 0 Å². The highest BCUT2D eigenvalue weighted by molar-refractivity contribution is 5.22. The van der Waals surface area contributed by atoms with Crippen molar-refractivity contribution in [2.75, 3.05) is 44.8 Å². The standard InChI is InChI=1S/C13H19FN4O2/c14-11-5-17-12(18-6-11)16-4-10-3-13(20-7-10)8-15-1-2-19-9-13/h5-6,10,15H,1-4,7-9H2,(H,16,17,18). The number of hydrogen-bond acceptors (Lipinski definition) is 6. The summed E-state index contributed by atoms with van der Waals surface area (Å²) in [6.45, 7) is 4.49. The molecule has 0 bridgehead atoms. The molecule has 1 aromatic rings. The quantitative estimate of drug-likeness (QED) is 0.837. The molecular weight excluding hydrogens is 263 g/mol. The van der Waals surface area contributed by atoms with Crippen LogP contribution in [0, 0.1) is 11.7 Å². The van der Waals surface area contributed by atoms with Crippen LogP contribution in [0.25, 0.3) is 0 Å². The summed E-state index contributed by atoms with van der Waals surface area (Å²) in [6, 6.07) is 0. The lowest BCUT2D eigenvalue weighted by Crippen LogP contribution is -2.42. The Morgan fingerprint density at radius 3 is 3.15 bits per heavy atom. The van der Waals surface area contributed by atoms with Crippen LogP contribution in [0.15, 0.2) is 12.4 Å². The number of nitrogens with one attached hydrogen (secondary N) is 2. The number of nitrogens with zero attached hydrogens (tertiary/aromatic N) is 2. The summed E-state index contributed by atoms with van der Waals surface area (Å²) in [5, 5.41) is 6.47. The van der Waals surface area contributed by atoms with Gasteiger partial charge in [-0.15, -0.1) is 0 Å². The second kappa shape index (κ2) is 5.99. The Kier molecular flexibility index (Phi) is 4.09. The Balaban J connectivity index is 1.51. The first kappa shape index (κ1) is 13.7. The molecule has 6 nitrogen and oxygen atoms in total. The molecule has 0 radical (unpaired) electrons. The average molecular weight is 282 g/mol. The third kappa shape index (κ3) is 3.23. The fraction of sp³-hybridized carbons (Fsp3) is 0.692. The van der Waals surface area contributed by atoms with Gasteiger partial charge in [-0.25, -0.2) is 14.4 Å². The third-order valence-corrected chi connectivity index (χ3v) is 3.69. The lowest BCUT2D eigenvalue weighted by Gasteiger charge is -2.25. The summed E-state index contributed by atoms with van der Waals surface area (Å²) < 4.78 is 24.2. The van der Waals surface area contributed by atoms with Gasteiger partial charge in [-0.05, 0) is 6.42 Å². The van der Waals surface area contributed by atoms with Gasteiger partial charge in [0.25, 0.3) is 0 Å². The van der Waals surface area contributed by atoms with Crippen LogP contribution >= 0.6 is 0 Å². The Morgan fingerprint density at radius 2 is 2.30 bits per heavy atom. The maximum absolute atomic E-state index is 12.7. The lowest BCUT2D eigenvalue weighted by atomic mass is 9.95. The molecule has 7 heteroatoms. The van der Waals surface area contributed by atoms with Crippen LogP contribution in [0.4, 0.5) is 10.3 Å². The smallest absolute Gasteiger partial charge is 0.222 e. The molecular formula is C13H19FN4O2. The van der Waals surface area contributed by atoms with Crippen LogP contribution in [0.1, 0.15) is 6.42 Å². The molecule has 2 unspecified atom stereocenters. The van der Waals surface area contributed by atoms with Gasteiger partial charge < -0.3 is 20.1 Å². The van der Waals surface area contributed by atoms with Gasteiger partial charge in [0, 0.05) is 25.6 Å². The highest BCUT2D eigenvalue weighted by atomic mass is 19.1. The zero-order valence-electron chi connectivity index (χ0n) is 11.3. The second-order valence-corrected chi connectivity index (χ2v) is 5.40. The molecule has 0 saturated carbocycles. The van der Waals surface area contributed by atoms with Crippen molar-refractivity contribution in [2.24, 2.45) is 5.92 Å². The van der Waals surface area contributed by atoms with E-state index in [0.29, 0.717) is 31.6 Å². The molecule has 0 amide bonds. The van der Waals surface area contributed by atoms with Gasteiger partial charge in [0.15, 0.2) is 5.82 Å². The summed E-state index contributed by atoms with van der Waals surface area (Å²) in [4.78, 5) is 7.77. The minimum atomic E-state index is -0.430. The topological polar surface area (TPSA) is 68.3 Å². The Bertz CT molecular complexity index is 435. The van der Waals surface area contributed by atoms with E-state index in [2.05, 4.69) is 20.6 Å². The summed E-state index contributed by atoms with van der Waals surface area (Å²) in [5.41, 5.74) is -0.202. The maximum atomic E-state index is 12.7. The van der Waals surface area contributed by atoms with Crippen molar-refractivity contribution in [1.29, 1.82) is 0 Å². The summed E-state index contributed by atoms with van der Waals surface area (Å²) in [5.74, 6) is 0.398. The van der Waals surface area contributed by atoms with Gasteiger partial charge in [0.2, 0.25) is 5.95 Å². The third-order valence-electron chi connectivity index (χ3n) is 3.69. The molecule has 1 aromatic heterocycles. The van der Waals surface area contributed by atoms with Crippen LogP contribution in [0.3, 0.4) is 0 Å². The van der Waals surface area contributed by atoms with Crippen molar-refractivity contribution in [2.45, 2.75) is 12.0 Å². The SMILES string of the molecule is Fc1cnc(NCC2COC3(CNCCOC3)C2)nc1. The fourth-order valence-corrected chi connectivity index (χ4v) is 2.70. The van der Waals surface area contributed by atoms with Crippen molar-refractivity contribution in [3.63, 3.8) is 0 Å². The highest BCUT2D eigenvalue weighted by Gasteiger charge is 2.41. The zero-order chi connectivity index (χ0) is 13.8. The van der Waals surface area contributed by atoms with E-state index in [1.165, 1.54) is 0 Å². The molecule has 0 aromatic carbocycles. The summed E-state index contributed by atoms with van der Waals surface area (Å²) in [7, 11) is 0. The molecule has 3 heterocycles. The van der Waals surface area contributed by atoms with Gasteiger partial charge in [-0.2, -0.15) is 0 Å². The number of anilines is 1. The molecule has 110 valence electrons. The Labute approximate surface area is 117 Å². The lowest BCUT2D eigenvalue weighted by molar-refractivity contribution is -0.0471. The number of aromatic nitrogens is 2. The van der Waals surface area contributed by atoms with E-state index in [0.717, 1.165) is 38.5 Å². The van der Waals surface area contributed by atoms with E-state index < -0.39 is 5.82 Å². The van der Waals surface area contributed by atoms with Crippen molar-refractivity contribution in [3.8, 4) is 0 Å². The fourth-order valence-electron chi connectivity index (χ4n) is 2.70. The predicted octanol–water partition coefficient (Wildman–Crippen LogP) is 0.423. The van der Waals surface area contributed by atoms with Gasteiger partial charge >= 0.3 is 0 Å². The number of rotatable bonds is 3. The van der Waals surface area contributed by atoms with Crippen LogP contribution < -0.4 is 10.6 Å². The van der Waals surface area contributed by atoms with E-state index in [9.17, 15) is 4.39 Å². The number of halogens is 1. The first-order chi connectivity index (χ1) is 9.76. The predicted molar refractivity (Wildman–Crippen MR) is 71.0 cm³/mol. The minimum Gasteiger partial charge on any atom is -0.377 e. The molecule has 20 heavy (non-hydrogen) atoms. The normalized spacial score (nSPS) is 30.4. The molecule has 2 N–H and O–H groups in total. The number of hydrogen-bond donors (Lipinski definition) is 2. The Morgan fingerprint density at radius 1 is 1.45 bits per heavy atom. The number of ether oxygens (including phenoxy) is 2. The van der Waals surface area contributed by atoms with Crippen LogP contribution in [0.5, 0.6) is 0 Å². The molecule has 2 saturated heterocycles. The van der Waals surface area contributed by atoms with Crippen molar-refractivity contribution >= 4 is 5.95 Å². The summed E-state index contributed by atoms with van der Waals surface area (Å²) >= 11 is 0. The monoisotopic (exact) mass is 282 g/mol. The average Bonchev–Trinajstić information content (AvgIpc) is 2.71. The van der Waals surface area contributed by atoms with E-state index >= 15 is 0 Å². The molecule has 3 rings (SSSR count). The Hall–Kier alpha value is -1.31. The maximum Gasteiger partial charge on any atom is 0.222 e. The van der Waals surface area contributed by atoms with E-state index in [4.69, 9.17) is 9.47 Å². The van der Waals surface area contributed by atoms with Gasteiger partial charge in [0.1, 0.15) is 5.60 Å². The van der Waals surface area contributed by atoms with Crippen molar-refractivity contribution in [3.05, 3.63) is 18.2 Å². The van der Waals surface area contributed by atoms with E-state index in [1.54, 1.807) is 0 Å². The molecule has 2 aliphatic rings. The first-order valence-electron chi connectivity index (χ1n) is 6.90. The van der Waals surface area contributed by atoms with Crippen molar-refractivity contribution < 1.29 is 13.9 Å². The largest absolute Gasteiger partial charge is 0.377 e. The molecule has 0 aliphatic carbocycles. The summed E-state index contributed by atoms with van der Waals surface area (Å²) in [6.07, 6.45) is 3.25. The highest BCUT2D eigenvalue weighted by Crippen LogP contribution is 2.30. The molecule has 1 spiro atoms. The van der Waals surface area contributed by atoms with E-state index in [-0.39, 0.29) is 5.60 Å². The molecule has 2 atom stereocenters. The van der Waals surface area contributed by atoms with Crippen LogP contribution in [-0.2, 0) is 9.47 Å². The molecule has 2 aliphatic heterocycles. The van der Waals surface area contributed by atoms with E-state index in [1.807, 2.05) is 0 Å². The van der Waals surface area contributed by atoms with Crippen LogP contribution in [0.2, 0.25) is 0 Å². The minimum absolute atomic E-state index is 0.202. The molecule has 2 fully saturated rings. The van der Waals surface area contributed by atoms with Gasteiger partial charge in [-0.3, -0.25) is 0 Å². The van der Waals surface area contributed by atoms with Crippen LogP contribution in [-0.4, -0.2) is 55.0 Å². The second-order valence-electron chi connectivity index (χ2n) is 5.40.